The molecule has 0 amide bonds. The summed E-state index contributed by atoms with van der Waals surface area (Å²) >= 11 is 11.3. The van der Waals surface area contributed by atoms with Crippen LogP contribution in [0.25, 0.3) is 0 Å². The number of rotatable bonds is 3. The van der Waals surface area contributed by atoms with E-state index in [2.05, 4.69) is 0 Å². The third-order valence-corrected chi connectivity index (χ3v) is 3.37. The number of hydrogen-bond donors (Lipinski definition) is 1. The first-order chi connectivity index (χ1) is 7.06. The first kappa shape index (κ1) is 12.8. The summed E-state index contributed by atoms with van der Waals surface area (Å²) in [5.74, 6) is -0.614. The summed E-state index contributed by atoms with van der Waals surface area (Å²) in [6.07, 6.45) is 1.97. The molecule has 0 bridgehead atoms. The maximum absolute atomic E-state index is 11.1. The summed E-state index contributed by atoms with van der Waals surface area (Å²) in [4.78, 5) is 13.0. The molecule has 1 saturated heterocycles. The molecule has 1 rings (SSSR count). The van der Waals surface area contributed by atoms with E-state index >= 15 is 0 Å². The minimum atomic E-state index is -0.777. The van der Waals surface area contributed by atoms with Gasteiger partial charge in [-0.05, 0) is 25.3 Å². The van der Waals surface area contributed by atoms with Gasteiger partial charge in [0.2, 0.25) is 0 Å². The predicted molar refractivity (Wildman–Crippen MR) is 61.2 cm³/mol. The zero-order valence-electron chi connectivity index (χ0n) is 8.62. The highest BCUT2D eigenvalue weighted by atomic mass is 35.5. The first-order valence-corrected chi connectivity index (χ1v) is 5.79. The van der Waals surface area contributed by atoms with Gasteiger partial charge in [-0.2, -0.15) is 0 Å². The number of carboxylic acids is 1. The smallest absolute Gasteiger partial charge is 0.321 e. The maximum atomic E-state index is 11.1. The van der Waals surface area contributed by atoms with Crippen molar-refractivity contribution in [2.24, 2.45) is 5.92 Å². The fraction of sp³-hybridized carbons (Fsp3) is 0.700. The van der Waals surface area contributed by atoms with Crippen LogP contribution < -0.4 is 0 Å². The third-order valence-electron chi connectivity index (χ3n) is 2.76. The average Bonchev–Trinajstić information content (AvgIpc) is 2.17. The molecule has 1 aliphatic heterocycles. The van der Waals surface area contributed by atoms with Gasteiger partial charge in [0.15, 0.2) is 0 Å². The number of carbonyl (C=O) groups is 1. The Bertz CT molecular complexity index is 268. The molecule has 1 N–H and O–H groups in total. The monoisotopic (exact) mass is 251 g/mol. The van der Waals surface area contributed by atoms with Crippen LogP contribution in [0.1, 0.15) is 19.8 Å². The van der Waals surface area contributed by atoms with Crippen molar-refractivity contribution in [3.63, 3.8) is 0 Å². The lowest BCUT2D eigenvalue weighted by Crippen LogP contribution is -2.49. The summed E-state index contributed by atoms with van der Waals surface area (Å²) in [5, 5.41) is 9.61. The summed E-state index contributed by atoms with van der Waals surface area (Å²) < 4.78 is 0. The van der Waals surface area contributed by atoms with Gasteiger partial charge in [-0.3, -0.25) is 9.69 Å². The van der Waals surface area contributed by atoms with Crippen molar-refractivity contribution in [2.75, 3.05) is 13.1 Å². The molecule has 0 saturated carbocycles. The normalized spacial score (nSPS) is 29.1. The highest BCUT2D eigenvalue weighted by Gasteiger charge is 2.34. The second kappa shape index (κ2) is 5.73. The Hall–Kier alpha value is -0.250. The molecule has 15 heavy (non-hydrogen) atoms. The van der Waals surface area contributed by atoms with E-state index in [0.29, 0.717) is 11.6 Å². The van der Waals surface area contributed by atoms with Crippen LogP contribution >= 0.6 is 23.2 Å². The Kier molecular flexibility index (Phi) is 4.90. The highest BCUT2D eigenvalue weighted by Crippen LogP contribution is 2.24. The number of carboxylic acid groups (broad SMARTS) is 1. The number of hydrogen-bond acceptors (Lipinski definition) is 2. The Morgan fingerprint density at radius 1 is 1.67 bits per heavy atom. The molecule has 0 aromatic heterocycles. The minimum Gasteiger partial charge on any atom is -0.480 e. The van der Waals surface area contributed by atoms with Gasteiger partial charge < -0.3 is 5.11 Å². The summed E-state index contributed by atoms with van der Waals surface area (Å²) in [5.41, 5.74) is 1.29. The van der Waals surface area contributed by atoms with Crippen LogP contribution in [-0.4, -0.2) is 35.1 Å². The van der Waals surface area contributed by atoms with Gasteiger partial charge in [-0.1, -0.05) is 30.1 Å². The highest BCUT2D eigenvalue weighted by molar-refractivity contribution is 6.36. The van der Waals surface area contributed by atoms with Gasteiger partial charge in [0.1, 0.15) is 6.04 Å². The average molecular weight is 252 g/mol. The molecule has 0 radical (unpaired) electrons. The Labute approximate surface area is 99.7 Å². The van der Waals surface area contributed by atoms with E-state index in [4.69, 9.17) is 28.3 Å². The van der Waals surface area contributed by atoms with E-state index in [1.165, 1.54) is 5.54 Å². The summed E-state index contributed by atoms with van der Waals surface area (Å²) in [7, 11) is 0. The molecule has 3 nitrogen and oxygen atoms in total. The zero-order chi connectivity index (χ0) is 11.4. The molecule has 2 unspecified atom stereocenters. The van der Waals surface area contributed by atoms with E-state index in [1.54, 1.807) is 0 Å². The molecule has 0 aromatic rings. The lowest BCUT2D eigenvalue weighted by atomic mass is 9.91. The predicted octanol–water partition coefficient (Wildman–Crippen LogP) is 2.49. The molecular weight excluding hydrogens is 237 g/mol. The summed E-state index contributed by atoms with van der Waals surface area (Å²) in [6.45, 7) is 3.15. The number of nitrogens with zero attached hydrogens (tertiary/aromatic N) is 1. The molecule has 1 fully saturated rings. The fourth-order valence-electron chi connectivity index (χ4n) is 2.08. The van der Waals surface area contributed by atoms with Crippen molar-refractivity contribution < 1.29 is 9.90 Å². The van der Waals surface area contributed by atoms with Crippen molar-refractivity contribution in [1.82, 2.24) is 4.90 Å². The zero-order valence-corrected chi connectivity index (χ0v) is 10.1. The van der Waals surface area contributed by atoms with Gasteiger partial charge in [-0.15, -0.1) is 0 Å². The van der Waals surface area contributed by atoms with Crippen molar-refractivity contribution in [2.45, 2.75) is 25.8 Å². The largest absolute Gasteiger partial charge is 0.480 e. The van der Waals surface area contributed by atoms with Crippen LogP contribution in [0.2, 0.25) is 0 Å². The van der Waals surface area contributed by atoms with E-state index in [0.717, 1.165) is 19.4 Å². The SMILES string of the molecule is CC1CCCN(C/C(Cl)=C/Cl)C1C(=O)O. The van der Waals surface area contributed by atoms with Gasteiger partial charge in [-0.25, -0.2) is 0 Å². The topological polar surface area (TPSA) is 40.5 Å². The molecular formula is C10H15Cl2NO2. The lowest BCUT2D eigenvalue weighted by Gasteiger charge is -2.36. The fourth-order valence-corrected chi connectivity index (χ4v) is 2.30. The molecule has 1 heterocycles. The van der Waals surface area contributed by atoms with Crippen LogP contribution in [-0.2, 0) is 4.79 Å². The molecule has 1 aliphatic rings. The standard InChI is InChI=1S/C10H15Cl2NO2/c1-7-3-2-4-13(6-8(12)5-11)9(7)10(14)15/h5,7,9H,2-4,6H2,1H3,(H,14,15)/b8-5-. The Morgan fingerprint density at radius 3 is 2.87 bits per heavy atom. The Morgan fingerprint density at radius 2 is 2.33 bits per heavy atom. The van der Waals surface area contributed by atoms with Crippen LogP contribution in [0.15, 0.2) is 10.6 Å². The second-order valence-electron chi connectivity index (χ2n) is 3.93. The second-order valence-corrected chi connectivity index (χ2v) is 4.63. The number of likely N-dealkylation sites (tertiary alicyclic amines) is 1. The van der Waals surface area contributed by atoms with E-state index < -0.39 is 12.0 Å². The van der Waals surface area contributed by atoms with E-state index in [9.17, 15) is 4.79 Å². The van der Waals surface area contributed by atoms with Gasteiger partial charge in [0.25, 0.3) is 0 Å². The number of halogens is 2. The lowest BCUT2D eigenvalue weighted by molar-refractivity contribution is -0.146. The number of aliphatic carboxylic acids is 1. The molecule has 0 aromatic carbocycles. The summed E-state index contributed by atoms with van der Waals surface area (Å²) in [6, 6.07) is -0.441. The maximum Gasteiger partial charge on any atom is 0.321 e. The quantitative estimate of drug-likeness (QED) is 0.838. The number of piperidine rings is 1. The van der Waals surface area contributed by atoms with Gasteiger partial charge in [0.05, 0.1) is 0 Å². The minimum absolute atomic E-state index is 0.163. The first-order valence-electron chi connectivity index (χ1n) is 4.98. The molecule has 5 heteroatoms. The van der Waals surface area contributed by atoms with Crippen molar-refractivity contribution in [3.05, 3.63) is 10.6 Å². The van der Waals surface area contributed by atoms with Crippen LogP contribution in [0.5, 0.6) is 0 Å². The Balaban J connectivity index is 2.71. The molecule has 2 atom stereocenters. The van der Waals surface area contributed by atoms with Crippen LogP contribution in [0.3, 0.4) is 0 Å². The molecule has 0 aliphatic carbocycles. The molecule has 86 valence electrons. The molecule has 0 spiro atoms. The van der Waals surface area contributed by atoms with Crippen LogP contribution in [0.4, 0.5) is 0 Å². The van der Waals surface area contributed by atoms with Gasteiger partial charge >= 0.3 is 5.97 Å². The van der Waals surface area contributed by atoms with Crippen molar-refractivity contribution in [1.29, 1.82) is 0 Å². The van der Waals surface area contributed by atoms with Crippen molar-refractivity contribution >= 4 is 29.2 Å². The van der Waals surface area contributed by atoms with E-state index in [1.807, 2.05) is 11.8 Å². The third kappa shape index (κ3) is 3.37. The van der Waals surface area contributed by atoms with Crippen LogP contribution in [0, 0.1) is 5.92 Å². The van der Waals surface area contributed by atoms with Crippen molar-refractivity contribution in [3.8, 4) is 0 Å². The van der Waals surface area contributed by atoms with Gasteiger partial charge in [0, 0.05) is 17.1 Å². The van der Waals surface area contributed by atoms with E-state index in [-0.39, 0.29) is 5.92 Å².